The van der Waals surface area contributed by atoms with Gasteiger partial charge in [0.2, 0.25) is 0 Å². The van der Waals surface area contributed by atoms with E-state index in [1.807, 2.05) is 29.5 Å². The van der Waals surface area contributed by atoms with Gasteiger partial charge in [0.25, 0.3) is 0 Å². The predicted octanol–water partition coefficient (Wildman–Crippen LogP) is 3.07. The Morgan fingerprint density at radius 1 is 1.36 bits per heavy atom. The molecule has 0 aromatic rings. The molecular weight excluding hydrogens is 291 g/mol. The lowest BCUT2D eigenvalue weighted by Crippen LogP contribution is -2.06. The summed E-state index contributed by atoms with van der Waals surface area (Å²) in [5.74, 6) is 0.0925. The predicted molar refractivity (Wildman–Crippen MR) is 66.4 cm³/mol. The maximum absolute atomic E-state index is 11.1. The van der Waals surface area contributed by atoms with E-state index in [4.69, 9.17) is 0 Å². The molecule has 0 spiro atoms. The van der Waals surface area contributed by atoms with Gasteiger partial charge in [0.05, 0.1) is 0 Å². The van der Waals surface area contributed by atoms with Gasteiger partial charge in [-0.25, -0.2) is 0 Å². The zero-order valence-electron chi connectivity index (χ0n) is 8.71. The summed E-state index contributed by atoms with van der Waals surface area (Å²) in [5.41, 5.74) is 0.644. The average molecular weight is 306 g/mol. The third kappa shape index (κ3) is 4.69. The van der Waals surface area contributed by atoms with Gasteiger partial charge in [-0.15, -0.1) is 0 Å². The van der Waals surface area contributed by atoms with Crippen molar-refractivity contribution in [1.29, 1.82) is 0 Å². The Kier molecular flexibility index (Phi) is 6.70. The van der Waals surface area contributed by atoms with E-state index in [-0.39, 0.29) is 17.5 Å². The highest BCUT2D eigenvalue weighted by Gasteiger charge is 2.07. The van der Waals surface area contributed by atoms with E-state index in [1.165, 1.54) is 6.92 Å². The Labute approximate surface area is 98.6 Å². The van der Waals surface area contributed by atoms with Gasteiger partial charge in [0.15, 0.2) is 5.78 Å². The van der Waals surface area contributed by atoms with Crippen molar-refractivity contribution >= 4 is 34.2 Å². The Morgan fingerprint density at radius 2 is 1.93 bits per heavy atom. The van der Waals surface area contributed by atoms with E-state index in [1.54, 1.807) is 23.2 Å². The Morgan fingerprint density at radius 3 is 2.21 bits per heavy atom. The van der Waals surface area contributed by atoms with Crippen LogP contribution in [0.4, 0.5) is 0 Å². The first-order valence-electron chi connectivity index (χ1n) is 4.52. The molecular formula is C11H15IO2. The molecule has 0 bridgehead atoms. The van der Waals surface area contributed by atoms with Crippen LogP contribution in [0.3, 0.4) is 0 Å². The molecule has 14 heavy (non-hydrogen) atoms. The molecule has 0 heterocycles. The fraction of sp³-hybridized carbons (Fsp3) is 0.455. The van der Waals surface area contributed by atoms with Crippen LogP contribution in [0, 0.1) is 5.92 Å². The molecule has 0 aromatic heterocycles. The summed E-state index contributed by atoms with van der Waals surface area (Å²) in [5, 5.41) is 0. The molecule has 0 aliphatic heterocycles. The molecule has 0 fully saturated rings. The maximum atomic E-state index is 11.1. The molecule has 0 rings (SSSR count). The minimum atomic E-state index is -0.0688. The minimum Gasteiger partial charge on any atom is -0.299 e. The van der Waals surface area contributed by atoms with Gasteiger partial charge in [-0.1, -0.05) is 41.7 Å². The Hall–Kier alpha value is -0.450. The molecule has 0 aromatic carbocycles. The number of Topliss-reactive ketones (excluding diaryl/α,β-unsaturated/α-hetero) is 2. The van der Waals surface area contributed by atoms with E-state index >= 15 is 0 Å². The van der Waals surface area contributed by atoms with Crippen molar-refractivity contribution in [2.75, 3.05) is 0 Å². The van der Waals surface area contributed by atoms with Crippen molar-refractivity contribution in [2.24, 2.45) is 5.92 Å². The number of hydrogen-bond acceptors (Lipinski definition) is 2. The highest BCUT2D eigenvalue weighted by Crippen LogP contribution is 2.10. The zero-order valence-corrected chi connectivity index (χ0v) is 10.9. The molecule has 0 N–H and O–H groups in total. The van der Waals surface area contributed by atoms with E-state index < -0.39 is 0 Å². The number of ketones is 2. The van der Waals surface area contributed by atoms with Gasteiger partial charge >= 0.3 is 0 Å². The van der Waals surface area contributed by atoms with Crippen molar-refractivity contribution in [3.05, 3.63) is 21.8 Å². The summed E-state index contributed by atoms with van der Waals surface area (Å²) in [7, 11) is 0. The summed E-state index contributed by atoms with van der Waals surface area (Å²) in [6.07, 6.45) is 4.30. The fourth-order valence-electron chi connectivity index (χ4n) is 1.01. The van der Waals surface area contributed by atoms with E-state index in [0.717, 1.165) is 6.42 Å². The Bertz CT molecular complexity index is 277. The number of rotatable bonds is 5. The van der Waals surface area contributed by atoms with Crippen molar-refractivity contribution in [3.63, 3.8) is 0 Å². The van der Waals surface area contributed by atoms with Crippen LogP contribution in [-0.4, -0.2) is 11.6 Å². The molecule has 0 radical (unpaired) electrons. The van der Waals surface area contributed by atoms with Crippen LogP contribution in [0.1, 0.15) is 27.2 Å². The quantitative estimate of drug-likeness (QED) is 0.444. The molecule has 1 unspecified atom stereocenters. The van der Waals surface area contributed by atoms with Crippen LogP contribution in [0.25, 0.3) is 0 Å². The number of carbonyl (C=O) groups is 2. The van der Waals surface area contributed by atoms with Crippen LogP contribution >= 0.6 is 22.6 Å². The minimum absolute atomic E-state index is 0.0223. The highest BCUT2D eigenvalue weighted by atomic mass is 127. The van der Waals surface area contributed by atoms with Gasteiger partial charge in [0, 0.05) is 11.5 Å². The summed E-state index contributed by atoms with van der Waals surface area (Å²) in [6.45, 7) is 5.04. The van der Waals surface area contributed by atoms with Crippen molar-refractivity contribution in [2.45, 2.75) is 27.2 Å². The number of hydrogen-bond donors (Lipinski definition) is 0. The van der Waals surface area contributed by atoms with Gasteiger partial charge in [-0.3, -0.25) is 9.59 Å². The molecule has 2 nitrogen and oxygen atoms in total. The van der Waals surface area contributed by atoms with Crippen molar-refractivity contribution in [3.8, 4) is 0 Å². The van der Waals surface area contributed by atoms with Crippen LogP contribution in [-0.2, 0) is 9.59 Å². The summed E-state index contributed by atoms with van der Waals surface area (Å²) in [6, 6.07) is 0. The van der Waals surface area contributed by atoms with Gasteiger partial charge in [-0.05, 0) is 24.4 Å². The number of allylic oxidation sites excluding steroid dienone is 3. The first kappa shape index (κ1) is 13.5. The SMILES string of the molecule is CCC(/C=C\C(=C/I)C(C)=O)C(C)=O. The fourth-order valence-corrected chi connectivity index (χ4v) is 1.66. The summed E-state index contributed by atoms with van der Waals surface area (Å²) in [4.78, 5) is 22.1. The lowest BCUT2D eigenvalue weighted by molar-refractivity contribution is -0.119. The monoisotopic (exact) mass is 306 g/mol. The second-order valence-electron chi connectivity index (χ2n) is 3.11. The standard InChI is InChI=1S/C11H15IO2/c1-4-10(8(2)13)5-6-11(7-12)9(3)14/h5-7,10H,4H2,1-3H3/b6-5-,11-7+. The van der Waals surface area contributed by atoms with Gasteiger partial charge < -0.3 is 0 Å². The molecule has 1 atom stereocenters. The van der Waals surface area contributed by atoms with Gasteiger partial charge in [-0.2, -0.15) is 0 Å². The smallest absolute Gasteiger partial charge is 0.160 e. The second kappa shape index (κ2) is 6.92. The topological polar surface area (TPSA) is 34.1 Å². The van der Waals surface area contributed by atoms with Crippen LogP contribution < -0.4 is 0 Å². The molecule has 0 amide bonds. The summed E-state index contributed by atoms with van der Waals surface area (Å²) < 4.78 is 1.73. The number of carbonyl (C=O) groups excluding carboxylic acids is 2. The Balaban J connectivity index is 4.55. The summed E-state index contributed by atoms with van der Waals surface area (Å²) >= 11 is 2.02. The lowest BCUT2D eigenvalue weighted by atomic mass is 10.0. The highest BCUT2D eigenvalue weighted by molar-refractivity contribution is 14.1. The molecule has 0 aliphatic carbocycles. The van der Waals surface area contributed by atoms with E-state index in [9.17, 15) is 9.59 Å². The first-order valence-corrected chi connectivity index (χ1v) is 5.77. The van der Waals surface area contributed by atoms with Crippen LogP contribution in [0.15, 0.2) is 21.8 Å². The molecule has 78 valence electrons. The van der Waals surface area contributed by atoms with Crippen LogP contribution in [0.2, 0.25) is 0 Å². The lowest BCUT2D eigenvalue weighted by Gasteiger charge is -2.04. The third-order valence-electron chi connectivity index (χ3n) is 1.99. The van der Waals surface area contributed by atoms with Gasteiger partial charge in [0.1, 0.15) is 5.78 Å². The molecule has 3 heteroatoms. The van der Waals surface area contributed by atoms with Crippen molar-refractivity contribution < 1.29 is 9.59 Å². The molecule has 0 aliphatic rings. The van der Waals surface area contributed by atoms with E-state index in [2.05, 4.69) is 0 Å². The van der Waals surface area contributed by atoms with Crippen LogP contribution in [0.5, 0.6) is 0 Å². The largest absolute Gasteiger partial charge is 0.299 e. The zero-order chi connectivity index (χ0) is 11.1. The first-order chi connectivity index (χ1) is 6.52. The number of halogens is 1. The van der Waals surface area contributed by atoms with E-state index in [0.29, 0.717) is 5.57 Å². The van der Waals surface area contributed by atoms with Crippen molar-refractivity contribution in [1.82, 2.24) is 0 Å². The molecule has 0 saturated carbocycles. The maximum Gasteiger partial charge on any atom is 0.160 e. The third-order valence-corrected chi connectivity index (χ3v) is 2.67. The molecule has 0 saturated heterocycles. The average Bonchev–Trinajstić information content (AvgIpc) is 2.11. The normalized spacial score (nSPS) is 14.4. The second-order valence-corrected chi connectivity index (χ2v) is 3.73.